The fraction of sp³-hybridized carbons (Fsp3) is 0.429. The topological polar surface area (TPSA) is 52.7 Å². The second-order valence-corrected chi connectivity index (χ2v) is 9.54. The van der Waals surface area contributed by atoms with E-state index in [9.17, 15) is 8.42 Å². The molecule has 3 rings (SSSR count). The Balaban J connectivity index is 1.49. The molecule has 0 bridgehead atoms. The van der Waals surface area contributed by atoms with Crippen molar-refractivity contribution in [3.8, 4) is 0 Å². The zero-order valence-corrected chi connectivity index (χ0v) is 18.1. The number of nitrogens with zero attached hydrogens (tertiary/aromatic N) is 2. The molecule has 28 heavy (non-hydrogen) atoms. The van der Waals surface area contributed by atoms with Crippen LogP contribution in [0.15, 0.2) is 47.4 Å². The molecule has 5 nitrogen and oxygen atoms in total. The van der Waals surface area contributed by atoms with E-state index in [4.69, 9.17) is 11.6 Å². The van der Waals surface area contributed by atoms with Crippen molar-refractivity contribution >= 4 is 27.3 Å². The molecule has 2 aromatic rings. The lowest BCUT2D eigenvalue weighted by Crippen LogP contribution is -2.44. The Kier molecular flexibility index (Phi) is 6.99. The molecule has 0 saturated carbocycles. The van der Waals surface area contributed by atoms with Gasteiger partial charge in [-0.05, 0) is 62.2 Å². The third kappa shape index (κ3) is 5.47. The number of hydrogen-bond acceptors (Lipinski definition) is 4. The van der Waals surface area contributed by atoms with Crippen LogP contribution in [0.3, 0.4) is 0 Å². The van der Waals surface area contributed by atoms with E-state index in [-0.39, 0.29) is 4.90 Å². The molecule has 0 spiro atoms. The van der Waals surface area contributed by atoms with E-state index in [1.165, 1.54) is 17.3 Å². The number of rotatable bonds is 7. The van der Waals surface area contributed by atoms with Gasteiger partial charge in [-0.1, -0.05) is 29.8 Å². The van der Waals surface area contributed by atoms with Crippen LogP contribution in [0.5, 0.6) is 0 Å². The molecule has 1 aliphatic heterocycles. The van der Waals surface area contributed by atoms with E-state index in [1.54, 1.807) is 19.1 Å². The maximum atomic E-state index is 12.5. The van der Waals surface area contributed by atoms with E-state index in [1.807, 2.05) is 0 Å². The molecule has 1 saturated heterocycles. The highest BCUT2D eigenvalue weighted by molar-refractivity contribution is 7.89. The minimum atomic E-state index is -3.54. The van der Waals surface area contributed by atoms with Crippen molar-refractivity contribution in [2.75, 3.05) is 44.7 Å². The highest BCUT2D eigenvalue weighted by Gasteiger charge is 2.17. The summed E-state index contributed by atoms with van der Waals surface area (Å²) in [6.45, 7) is 6.46. The summed E-state index contributed by atoms with van der Waals surface area (Å²) in [4.78, 5) is 5.00. The molecule has 0 amide bonds. The minimum absolute atomic E-state index is 0.247. The van der Waals surface area contributed by atoms with Gasteiger partial charge in [-0.25, -0.2) is 13.1 Å². The Labute approximate surface area is 173 Å². The van der Waals surface area contributed by atoms with E-state index in [0.29, 0.717) is 17.1 Å². The first-order valence-corrected chi connectivity index (χ1v) is 11.5. The number of piperazine rings is 1. The first-order chi connectivity index (χ1) is 13.3. The fourth-order valence-electron chi connectivity index (χ4n) is 3.38. The molecule has 7 heteroatoms. The Hall–Kier alpha value is -1.60. The van der Waals surface area contributed by atoms with Crippen LogP contribution in [-0.2, 0) is 16.4 Å². The number of nitrogens with one attached hydrogen (secondary N) is 1. The van der Waals surface area contributed by atoms with Gasteiger partial charge in [-0.3, -0.25) is 0 Å². The van der Waals surface area contributed by atoms with Crippen molar-refractivity contribution in [3.05, 3.63) is 58.6 Å². The molecule has 0 atom stereocenters. The lowest BCUT2D eigenvalue weighted by atomic mass is 10.1. The van der Waals surface area contributed by atoms with Crippen LogP contribution < -0.4 is 9.62 Å². The molecule has 152 valence electrons. The van der Waals surface area contributed by atoms with Crippen LogP contribution in [0.2, 0.25) is 5.02 Å². The molecule has 1 fully saturated rings. The Morgan fingerprint density at radius 1 is 1.04 bits per heavy atom. The van der Waals surface area contributed by atoms with E-state index < -0.39 is 10.0 Å². The Morgan fingerprint density at radius 3 is 2.39 bits per heavy atom. The smallest absolute Gasteiger partial charge is 0.240 e. The van der Waals surface area contributed by atoms with Gasteiger partial charge in [-0.2, -0.15) is 0 Å². The third-order valence-corrected chi connectivity index (χ3v) is 7.02. The van der Waals surface area contributed by atoms with Crippen LogP contribution in [-0.4, -0.2) is 53.1 Å². The number of aryl methyl sites for hydroxylation is 2. The third-order valence-electron chi connectivity index (χ3n) is 5.18. The van der Waals surface area contributed by atoms with Crippen molar-refractivity contribution in [3.63, 3.8) is 0 Å². The maximum Gasteiger partial charge on any atom is 0.240 e. The van der Waals surface area contributed by atoms with Crippen LogP contribution in [0, 0.1) is 6.92 Å². The molecule has 1 heterocycles. The van der Waals surface area contributed by atoms with Crippen molar-refractivity contribution in [2.24, 2.45) is 0 Å². The standard InChI is InChI=1S/C21H28ClN3O2S/c1-17-5-8-19(22)16-21(17)28(26,27)23-11-3-4-18-6-9-20(10-7-18)25-14-12-24(2)13-15-25/h5-10,16,23H,3-4,11-15H2,1-2H3. The largest absolute Gasteiger partial charge is 0.369 e. The van der Waals surface area contributed by atoms with Gasteiger partial charge in [0.05, 0.1) is 4.90 Å². The summed E-state index contributed by atoms with van der Waals surface area (Å²) in [5.41, 5.74) is 3.17. The highest BCUT2D eigenvalue weighted by atomic mass is 35.5. The molecular formula is C21H28ClN3O2S. The molecule has 0 aromatic heterocycles. The van der Waals surface area contributed by atoms with Crippen molar-refractivity contribution < 1.29 is 8.42 Å². The van der Waals surface area contributed by atoms with Crippen LogP contribution >= 0.6 is 11.6 Å². The number of hydrogen-bond donors (Lipinski definition) is 1. The molecule has 1 aliphatic rings. The SMILES string of the molecule is Cc1ccc(Cl)cc1S(=O)(=O)NCCCc1ccc(N2CCN(C)CC2)cc1. The molecular weight excluding hydrogens is 394 g/mol. The lowest BCUT2D eigenvalue weighted by Gasteiger charge is -2.34. The highest BCUT2D eigenvalue weighted by Crippen LogP contribution is 2.20. The fourth-order valence-corrected chi connectivity index (χ4v) is 4.96. The number of likely N-dealkylation sites (N-methyl/N-ethyl adjacent to an activating group) is 1. The van der Waals surface area contributed by atoms with Gasteiger partial charge in [0.15, 0.2) is 0 Å². The second-order valence-electron chi connectivity index (χ2n) is 7.37. The van der Waals surface area contributed by atoms with Gasteiger partial charge in [-0.15, -0.1) is 0 Å². The number of benzene rings is 2. The van der Waals surface area contributed by atoms with Gasteiger partial charge in [0.25, 0.3) is 0 Å². The summed E-state index contributed by atoms with van der Waals surface area (Å²) in [5, 5.41) is 0.423. The summed E-state index contributed by atoms with van der Waals surface area (Å²) in [5.74, 6) is 0. The first kappa shape index (κ1) is 21.1. The predicted octanol–water partition coefficient (Wildman–Crippen LogP) is 3.31. The van der Waals surface area contributed by atoms with Crippen molar-refractivity contribution in [1.29, 1.82) is 0 Å². The first-order valence-electron chi connectivity index (χ1n) is 9.63. The van der Waals surface area contributed by atoms with E-state index in [0.717, 1.165) is 39.0 Å². The zero-order valence-electron chi connectivity index (χ0n) is 16.5. The summed E-state index contributed by atoms with van der Waals surface area (Å²) in [7, 11) is -1.38. The summed E-state index contributed by atoms with van der Waals surface area (Å²) in [6, 6.07) is 13.5. The summed E-state index contributed by atoms with van der Waals surface area (Å²) < 4.78 is 27.6. The average Bonchev–Trinajstić information content (AvgIpc) is 2.68. The summed E-state index contributed by atoms with van der Waals surface area (Å²) in [6.07, 6.45) is 1.58. The molecule has 2 aromatic carbocycles. The van der Waals surface area contributed by atoms with Crippen molar-refractivity contribution in [1.82, 2.24) is 9.62 Å². The minimum Gasteiger partial charge on any atom is -0.369 e. The predicted molar refractivity (Wildman–Crippen MR) is 116 cm³/mol. The van der Waals surface area contributed by atoms with Gasteiger partial charge in [0.1, 0.15) is 0 Å². The van der Waals surface area contributed by atoms with Crippen LogP contribution in [0.1, 0.15) is 17.5 Å². The number of halogens is 1. The maximum absolute atomic E-state index is 12.5. The quantitative estimate of drug-likeness (QED) is 0.697. The van der Waals surface area contributed by atoms with Gasteiger partial charge in [0, 0.05) is 43.4 Å². The Bertz CT molecular complexity index is 892. The van der Waals surface area contributed by atoms with Crippen LogP contribution in [0.25, 0.3) is 0 Å². The van der Waals surface area contributed by atoms with Gasteiger partial charge in [0.2, 0.25) is 10.0 Å². The zero-order chi connectivity index (χ0) is 20.1. The molecule has 0 radical (unpaired) electrons. The van der Waals surface area contributed by atoms with Crippen molar-refractivity contribution in [2.45, 2.75) is 24.7 Å². The lowest BCUT2D eigenvalue weighted by molar-refractivity contribution is 0.313. The van der Waals surface area contributed by atoms with E-state index in [2.05, 4.69) is 45.8 Å². The van der Waals surface area contributed by atoms with Gasteiger partial charge < -0.3 is 9.80 Å². The van der Waals surface area contributed by atoms with Crippen LogP contribution in [0.4, 0.5) is 5.69 Å². The second kappa shape index (κ2) is 9.27. The van der Waals surface area contributed by atoms with E-state index >= 15 is 0 Å². The summed E-state index contributed by atoms with van der Waals surface area (Å²) >= 11 is 5.94. The number of sulfonamides is 1. The van der Waals surface area contributed by atoms with Gasteiger partial charge >= 0.3 is 0 Å². The molecule has 0 unspecified atom stereocenters. The number of anilines is 1. The monoisotopic (exact) mass is 421 g/mol. The molecule has 1 N–H and O–H groups in total. The molecule has 0 aliphatic carbocycles. The Morgan fingerprint density at radius 2 is 1.71 bits per heavy atom. The average molecular weight is 422 g/mol. The normalized spacial score (nSPS) is 15.8.